The van der Waals surface area contributed by atoms with Crippen LogP contribution in [0.2, 0.25) is 0 Å². The summed E-state index contributed by atoms with van der Waals surface area (Å²) in [7, 11) is 1.64. The number of nitrogen functional groups attached to an aromatic ring is 1. The minimum atomic E-state index is 0.377. The van der Waals surface area contributed by atoms with Crippen molar-refractivity contribution in [3.05, 3.63) is 24.3 Å². The van der Waals surface area contributed by atoms with Gasteiger partial charge >= 0.3 is 0 Å². The fraction of sp³-hybridized carbons (Fsp3) is 0.250. The Kier molecular flexibility index (Phi) is 3.58. The third-order valence-electron chi connectivity index (χ3n) is 2.33. The predicted octanol–water partition coefficient (Wildman–Crippen LogP) is 3.04. The van der Waals surface area contributed by atoms with Crippen LogP contribution in [0.15, 0.2) is 33.7 Å². The number of hydrogen-bond donors (Lipinski definition) is 1. The van der Waals surface area contributed by atoms with Gasteiger partial charge in [-0.3, -0.25) is 0 Å². The Labute approximate surface area is 104 Å². The molecular weight excluding hydrogens is 236 g/mol. The van der Waals surface area contributed by atoms with E-state index in [2.05, 4.69) is 12.1 Å². The molecule has 0 radical (unpaired) electrons. The van der Waals surface area contributed by atoms with Crippen LogP contribution in [0.4, 0.5) is 5.88 Å². The number of rotatable bonds is 4. The van der Waals surface area contributed by atoms with Gasteiger partial charge in [0.1, 0.15) is 11.4 Å². The second kappa shape index (κ2) is 5.14. The lowest BCUT2D eigenvalue weighted by molar-refractivity contribution is 0.415. The highest BCUT2D eigenvalue weighted by atomic mass is 32.2. The summed E-state index contributed by atoms with van der Waals surface area (Å²) < 4.78 is 10.1. The minimum absolute atomic E-state index is 0.377. The summed E-state index contributed by atoms with van der Waals surface area (Å²) in [5.74, 6) is 2.12. The highest BCUT2D eigenvalue weighted by Gasteiger charge is 2.15. The third kappa shape index (κ3) is 2.39. The van der Waals surface area contributed by atoms with Crippen molar-refractivity contribution < 1.29 is 9.26 Å². The highest BCUT2D eigenvalue weighted by molar-refractivity contribution is 7.99. The molecule has 1 aromatic heterocycles. The first-order chi connectivity index (χ1) is 8.26. The van der Waals surface area contributed by atoms with Crippen LogP contribution in [0.3, 0.4) is 0 Å². The van der Waals surface area contributed by atoms with E-state index in [4.69, 9.17) is 15.0 Å². The summed E-state index contributed by atoms with van der Waals surface area (Å²) in [5, 5.41) is 4.00. The van der Waals surface area contributed by atoms with E-state index in [0.717, 1.165) is 27.7 Å². The number of hydrogen-bond acceptors (Lipinski definition) is 5. The molecule has 4 nitrogen and oxygen atoms in total. The van der Waals surface area contributed by atoms with Gasteiger partial charge in [0.15, 0.2) is 0 Å². The molecule has 0 saturated heterocycles. The smallest absolute Gasteiger partial charge is 0.236 e. The summed E-state index contributed by atoms with van der Waals surface area (Å²) >= 11 is 1.63. The summed E-state index contributed by atoms with van der Waals surface area (Å²) in [6, 6.07) is 7.66. The van der Waals surface area contributed by atoms with Crippen LogP contribution in [0.1, 0.15) is 6.92 Å². The van der Waals surface area contributed by atoms with Gasteiger partial charge in [0.2, 0.25) is 5.88 Å². The van der Waals surface area contributed by atoms with Gasteiger partial charge in [-0.15, -0.1) is 11.8 Å². The average Bonchev–Trinajstić information content (AvgIpc) is 2.72. The number of aromatic nitrogens is 1. The molecule has 5 heteroatoms. The van der Waals surface area contributed by atoms with Gasteiger partial charge in [-0.25, -0.2) is 0 Å². The van der Waals surface area contributed by atoms with Crippen molar-refractivity contribution in [3.63, 3.8) is 0 Å². The molecule has 0 atom stereocenters. The number of anilines is 1. The quantitative estimate of drug-likeness (QED) is 0.845. The predicted molar refractivity (Wildman–Crippen MR) is 69.3 cm³/mol. The van der Waals surface area contributed by atoms with E-state index in [1.54, 1.807) is 18.9 Å². The zero-order valence-electron chi connectivity index (χ0n) is 9.77. The van der Waals surface area contributed by atoms with Gasteiger partial charge in [-0.05, 0) is 30.0 Å². The van der Waals surface area contributed by atoms with Crippen molar-refractivity contribution in [1.29, 1.82) is 0 Å². The van der Waals surface area contributed by atoms with E-state index in [1.807, 2.05) is 24.3 Å². The Morgan fingerprint density at radius 1 is 1.35 bits per heavy atom. The van der Waals surface area contributed by atoms with E-state index in [-0.39, 0.29) is 0 Å². The molecule has 0 amide bonds. The first-order valence-corrected chi connectivity index (χ1v) is 6.27. The Morgan fingerprint density at radius 3 is 2.65 bits per heavy atom. The van der Waals surface area contributed by atoms with Crippen molar-refractivity contribution in [1.82, 2.24) is 5.16 Å². The lowest BCUT2D eigenvalue weighted by Crippen LogP contribution is -1.86. The topological polar surface area (TPSA) is 61.3 Å². The van der Waals surface area contributed by atoms with Crippen molar-refractivity contribution in [2.24, 2.45) is 0 Å². The van der Waals surface area contributed by atoms with Gasteiger partial charge in [0.25, 0.3) is 0 Å². The molecule has 0 aliphatic heterocycles. The van der Waals surface area contributed by atoms with E-state index < -0.39 is 0 Å². The van der Waals surface area contributed by atoms with Crippen LogP contribution >= 0.6 is 11.8 Å². The molecule has 0 aliphatic carbocycles. The maximum absolute atomic E-state index is 5.75. The molecule has 0 fully saturated rings. The normalized spacial score (nSPS) is 10.5. The molecule has 90 valence electrons. The number of nitrogens with two attached hydrogens (primary N) is 1. The first-order valence-electron chi connectivity index (χ1n) is 5.28. The largest absolute Gasteiger partial charge is 0.497 e. The number of ether oxygens (including phenoxy) is 1. The van der Waals surface area contributed by atoms with Crippen LogP contribution in [-0.4, -0.2) is 18.0 Å². The fourth-order valence-electron chi connectivity index (χ4n) is 1.51. The third-order valence-corrected chi connectivity index (χ3v) is 3.30. The zero-order chi connectivity index (χ0) is 12.3. The summed E-state index contributed by atoms with van der Waals surface area (Å²) in [4.78, 5) is 0.901. The molecule has 0 saturated carbocycles. The Balaban J connectivity index is 2.38. The summed E-state index contributed by atoms with van der Waals surface area (Å²) in [5.41, 5.74) is 7.51. The lowest BCUT2D eigenvalue weighted by Gasteiger charge is -2.02. The van der Waals surface area contributed by atoms with Gasteiger partial charge in [-0.1, -0.05) is 12.1 Å². The van der Waals surface area contributed by atoms with Gasteiger partial charge < -0.3 is 15.0 Å². The summed E-state index contributed by atoms with van der Waals surface area (Å²) in [6.45, 7) is 2.06. The van der Waals surface area contributed by atoms with Crippen molar-refractivity contribution in [2.75, 3.05) is 18.6 Å². The van der Waals surface area contributed by atoms with Crippen LogP contribution in [0.25, 0.3) is 11.3 Å². The number of thioether (sulfide) groups is 1. The van der Waals surface area contributed by atoms with Crippen LogP contribution in [-0.2, 0) is 0 Å². The number of methoxy groups -OCH3 is 1. The first kappa shape index (κ1) is 11.9. The minimum Gasteiger partial charge on any atom is -0.497 e. The molecule has 2 rings (SSSR count). The molecule has 0 unspecified atom stereocenters. The molecule has 0 bridgehead atoms. The van der Waals surface area contributed by atoms with E-state index in [0.29, 0.717) is 5.88 Å². The van der Waals surface area contributed by atoms with Gasteiger partial charge in [0, 0.05) is 5.56 Å². The second-order valence-corrected chi connectivity index (χ2v) is 4.66. The molecule has 1 aromatic carbocycles. The molecule has 2 aromatic rings. The maximum Gasteiger partial charge on any atom is 0.236 e. The van der Waals surface area contributed by atoms with E-state index >= 15 is 0 Å². The second-order valence-electron chi connectivity index (χ2n) is 3.39. The zero-order valence-corrected chi connectivity index (χ0v) is 10.6. The Hall–Kier alpha value is -1.62. The SMILES string of the molecule is CCSc1c(-c2ccc(OC)cc2)noc1N. The van der Waals surface area contributed by atoms with Crippen molar-refractivity contribution in [2.45, 2.75) is 11.8 Å². The Bertz CT molecular complexity index is 494. The van der Waals surface area contributed by atoms with Gasteiger partial charge in [-0.2, -0.15) is 0 Å². The Morgan fingerprint density at radius 2 is 2.06 bits per heavy atom. The standard InChI is InChI=1S/C12H14N2O2S/c1-3-17-11-10(14-16-12(11)13)8-4-6-9(15-2)7-5-8/h4-7H,3,13H2,1-2H3. The number of nitrogens with zero attached hydrogens (tertiary/aromatic N) is 1. The van der Waals surface area contributed by atoms with Crippen LogP contribution in [0.5, 0.6) is 5.75 Å². The van der Waals surface area contributed by atoms with E-state index in [1.165, 1.54) is 0 Å². The average molecular weight is 250 g/mol. The molecule has 2 N–H and O–H groups in total. The molecule has 0 aliphatic rings. The number of benzene rings is 1. The fourth-order valence-corrected chi connectivity index (χ4v) is 2.27. The summed E-state index contributed by atoms with van der Waals surface area (Å²) in [6.07, 6.45) is 0. The molecule has 17 heavy (non-hydrogen) atoms. The highest BCUT2D eigenvalue weighted by Crippen LogP contribution is 2.35. The van der Waals surface area contributed by atoms with Crippen LogP contribution < -0.4 is 10.5 Å². The molecule has 0 spiro atoms. The molecule has 1 heterocycles. The van der Waals surface area contributed by atoms with Gasteiger partial charge in [0.05, 0.1) is 12.0 Å². The van der Waals surface area contributed by atoms with E-state index in [9.17, 15) is 0 Å². The molecular formula is C12H14N2O2S. The lowest BCUT2D eigenvalue weighted by atomic mass is 10.1. The monoisotopic (exact) mass is 250 g/mol. The van der Waals surface area contributed by atoms with Crippen LogP contribution in [0, 0.1) is 0 Å². The maximum atomic E-state index is 5.75. The van der Waals surface area contributed by atoms with Crippen molar-refractivity contribution >= 4 is 17.6 Å². The van der Waals surface area contributed by atoms with Crippen molar-refractivity contribution in [3.8, 4) is 17.0 Å².